The van der Waals surface area contributed by atoms with Crippen molar-refractivity contribution in [1.82, 2.24) is 9.55 Å². The van der Waals surface area contributed by atoms with Gasteiger partial charge in [-0.25, -0.2) is 9.37 Å². The zero-order valence-electron chi connectivity index (χ0n) is 7.58. The summed E-state index contributed by atoms with van der Waals surface area (Å²) in [5, 5.41) is -0.0498. The van der Waals surface area contributed by atoms with Gasteiger partial charge in [-0.2, -0.15) is 0 Å². The first-order chi connectivity index (χ1) is 7.09. The number of primary amides is 1. The van der Waals surface area contributed by atoms with Crippen molar-refractivity contribution in [1.29, 1.82) is 0 Å². The van der Waals surface area contributed by atoms with Gasteiger partial charge in [0.2, 0.25) is 5.91 Å². The third kappa shape index (κ3) is 1.66. The summed E-state index contributed by atoms with van der Waals surface area (Å²) in [6.45, 7) is -0.0698. The number of nitrogens with zero attached hydrogens (tertiary/aromatic N) is 2. The second-order valence-electron chi connectivity index (χ2n) is 3.07. The van der Waals surface area contributed by atoms with Gasteiger partial charge in [-0.3, -0.25) is 4.79 Å². The first-order valence-corrected chi connectivity index (χ1v) is 4.54. The molecule has 2 aromatic rings. The molecular formula is C9H7ClFN3O. The first kappa shape index (κ1) is 9.92. The lowest BCUT2D eigenvalue weighted by molar-refractivity contribution is -0.118. The molecular weight excluding hydrogens is 221 g/mol. The minimum absolute atomic E-state index is 0.0498. The molecule has 0 unspecified atom stereocenters. The van der Waals surface area contributed by atoms with E-state index in [1.54, 1.807) is 0 Å². The van der Waals surface area contributed by atoms with E-state index in [9.17, 15) is 9.18 Å². The molecule has 0 atom stereocenters. The molecule has 2 rings (SSSR count). The van der Waals surface area contributed by atoms with Crippen LogP contribution in [0.1, 0.15) is 0 Å². The Kier molecular flexibility index (Phi) is 2.32. The summed E-state index contributed by atoms with van der Waals surface area (Å²) < 4.78 is 14.6. The lowest BCUT2D eigenvalue weighted by atomic mass is 10.3. The predicted molar refractivity (Wildman–Crippen MR) is 53.9 cm³/mol. The van der Waals surface area contributed by atoms with E-state index in [-0.39, 0.29) is 11.6 Å². The maximum Gasteiger partial charge on any atom is 0.237 e. The number of benzene rings is 1. The molecule has 78 valence electrons. The Balaban J connectivity index is 2.66. The van der Waals surface area contributed by atoms with Crippen molar-refractivity contribution in [3.8, 4) is 0 Å². The minimum atomic E-state index is -0.546. The van der Waals surface area contributed by atoms with Crippen molar-refractivity contribution in [2.24, 2.45) is 5.73 Å². The van der Waals surface area contributed by atoms with E-state index in [4.69, 9.17) is 17.3 Å². The van der Waals surface area contributed by atoms with Gasteiger partial charge in [0, 0.05) is 0 Å². The van der Waals surface area contributed by atoms with E-state index in [1.165, 1.54) is 23.0 Å². The molecule has 15 heavy (non-hydrogen) atoms. The Morgan fingerprint density at radius 2 is 2.33 bits per heavy atom. The third-order valence-corrected chi connectivity index (χ3v) is 2.36. The zero-order valence-corrected chi connectivity index (χ0v) is 8.33. The fourth-order valence-electron chi connectivity index (χ4n) is 1.38. The summed E-state index contributed by atoms with van der Waals surface area (Å²) >= 11 is 5.77. The van der Waals surface area contributed by atoms with Crippen LogP contribution in [-0.2, 0) is 11.3 Å². The highest BCUT2D eigenvalue weighted by Gasteiger charge is 2.11. The summed E-state index contributed by atoms with van der Waals surface area (Å²) in [7, 11) is 0. The van der Waals surface area contributed by atoms with Crippen LogP contribution < -0.4 is 5.73 Å². The molecule has 1 aromatic heterocycles. The van der Waals surface area contributed by atoms with Gasteiger partial charge in [-0.15, -0.1) is 0 Å². The summed E-state index contributed by atoms with van der Waals surface area (Å²) in [5.41, 5.74) is 5.95. The van der Waals surface area contributed by atoms with Crippen LogP contribution in [0.3, 0.4) is 0 Å². The number of hydrogen-bond donors (Lipinski definition) is 1. The Hall–Kier alpha value is -1.62. The molecule has 0 saturated carbocycles. The number of imidazole rings is 1. The van der Waals surface area contributed by atoms with Crippen molar-refractivity contribution in [2.45, 2.75) is 6.54 Å². The van der Waals surface area contributed by atoms with Crippen LogP contribution in [-0.4, -0.2) is 15.5 Å². The lowest BCUT2D eigenvalue weighted by Crippen LogP contribution is -2.18. The summed E-state index contributed by atoms with van der Waals surface area (Å²) in [6, 6.07) is 2.72. The summed E-state index contributed by atoms with van der Waals surface area (Å²) in [6.07, 6.45) is 1.40. The number of hydrogen-bond acceptors (Lipinski definition) is 2. The molecule has 0 fully saturated rings. The minimum Gasteiger partial charge on any atom is -0.368 e. The summed E-state index contributed by atoms with van der Waals surface area (Å²) in [4.78, 5) is 14.7. The molecule has 0 aliphatic rings. The van der Waals surface area contributed by atoms with Gasteiger partial charge >= 0.3 is 0 Å². The monoisotopic (exact) mass is 227 g/mol. The van der Waals surface area contributed by atoms with Crippen LogP contribution in [0.5, 0.6) is 0 Å². The third-order valence-electron chi connectivity index (χ3n) is 2.00. The number of halogens is 2. The predicted octanol–water partition coefficient (Wildman–Crippen LogP) is 1.31. The van der Waals surface area contributed by atoms with Crippen molar-refractivity contribution in [2.75, 3.05) is 0 Å². The fraction of sp³-hybridized carbons (Fsp3) is 0.111. The number of nitrogens with two attached hydrogens (primary N) is 1. The number of fused-ring (bicyclic) bond motifs is 1. The largest absolute Gasteiger partial charge is 0.368 e. The maximum absolute atomic E-state index is 13.2. The molecule has 0 spiro atoms. The SMILES string of the molecule is NC(=O)Cn1cnc2ccc(F)c(Cl)c21. The molecule has 2 N–H and O–H groups in total. The molecule has 0 radical (unpaired) electrons. The molecule has 1 heterocycles. The molecule has 0 bridgehead atoms. The van der Waals surface area contributed by atoms with Crippen molar-refractivity contribution in [3.63, 3.8) is 0 Å². The second-order valence-corrected chi connectivity index (χ2v) is 3.45. The van der Waals surface area contributed by atoms with E-state index in [0.717, 1.165) is 0 Å². The van der Waals surface area contributed by atoms with Gasteiger partial charge in [0.1, 0.15) is 17.4 Å². The van der Waals surface area contributed by atoms with E-state index in [2.05, 4.69) is 4.98 Å². The van der Waals surface area contributed by atoms with E-state index >= 15 is 0 Å². The first-order valence-electron chi connectivity index (χ1n) is 4.16. The average Bonchev–Trinajstić information content (AvgIpc) is 2.55. The van der Waals surface area contributed by atoms with Gasteiger partial charge in [-0.1, -0.05) is 11.6 Å². The van der Waals surface area contributed by atoms with Crippen molar-refractivity contribution >= 4 is 28.5 Å². The van der Waals surface area contributed by atoms with E-state index < -0.39 is 11.7 Å². The second kappa shape index (κ2) is 3.51. The molecule has 0 aliphatic heterocycles. The van der Waals surface area contributed by atoms with Gasteiger partial charge < -0.3 is 10.3 Å². The normalized spacial score (nSPS) is 10.8. The molecule has 1 amide bonds. The number of amides is 1. The van der Waals surface area contributed by atoms with Crippen LogP contribution in [0.25, 0.3) is 11.0 Å². The highest BCUT2D eigenvalue weighted by atomic mass is 35.5. The Morgan fingerprint density at radius 1 is 1.60 bits per heavy atom. The Bertz CT molecular complexity index is 537. The topological polar surface area (TPSA) is 60.9 Å². The summed E-state index contributed by atoms with van der Waals surface area (Å²) in [5.74, 6) is -1.08. The number of rotatable bonds is 2. The van der Waals surface area contributed by atoms with Crippen molar-refractivity contribution in [3.05, 3.63) is 29.3 Å². The maximum atomic E-state index is 13.2. The highest BCUT2D eigenvalue weighted by molar-refractivity contribution is 6.35. The van der Waals surface area contributed by atoms with Crippen LogP contribution in [0.2, 0.25) is 5.02 Å². The lowest BCUT2D eigenvalue weighted by Gasteiger charge is -2.02. The molecule has 0 aliphatic carbocycles. The quantitative estimate of drug-likeness (QED) is 0.841. The Labute approximate surface area is 89.5 Å². The molecule has 4 nitrogen and oxygen atoms in total. The molecule has 1 aromatic carbocycles. The van der Waals surface area contributed by atoms with Gasteiger partial charge in [0.25, 0.3) is 0 Å². The highest BCUT2D eigenvalue weighted by Crippen LogP contribution is 2.25. The van der Waals surface area contributed by atoms with Crippen LogP contribution in [0, 0.1) is 5.82 Å². The van der Waals surface area contributed by atoms with Gasteiger partial charge in [-0.05, 0) is 12.1 Å². The van der Waals surface area contributed by atoms with E-state index in [1.807, 2.05) is 0 Å². The number of carbonyl (C=O) groups is 1. The molecule has 0 saturated heterocycles. The fourth-order valence-corrected chi connectivity index (χ4v) is 1.65. The number of aromatic nitrogens is 2. The standard InChI is InChI=1S/C9H7ClFN3O/c10-8-5(11)1-2-6-9(8)14(4-13-6)3-7(12)15/h1-2,4H,3H2,(H2,12,15). The van der Waals surface area contributed by atoms with E-state index in [0.29, 0.717) is 11.0 Å². The van der Waals surface area contributed by atoms with Crippen molar-refractivity contribution < 1.29 is 9.18 Å². The smallest absolute Gasteiger partial charge is 0.237 e. The van der Waals surface area contributed by atoms with Gasteiger partial charge in [0.05, 0.1) is 17.4 Å². The molecule has 6 heteroatoms. The van der Waals surface area contributed by atoms with Crippen LogP contribution in [0.15, 0.2) is 18.5 Å². The number of carbonyl (C=O) groups excluding carboxylic acids is 1. The Morgan fingerprint density at radius 3 is 3.00 bits per heavy atom. The zero-order chi connectivity index (χ0) is 11.0. The average molecular weight is 228 g/mol. The van der Waals surface area contributed by atoms with Crippen LogP contribution >= 0.6 is 11.6 Å². The van der Waals surface area contributed by atoms with Gasteiger partial charge in [0.15, 0.2) is 0 Å². The van der Waals surface area contributed by atoms with Crippen LogP contribution in [0.4, 0.5) is 4.39 Å².